The summed E-state index contributed by atoms with van der Waals surface area (Å²) in [6.07, 6.45) is 2.41. The summed E-state index contributed by atoms with van der Waals surface area (Å²) in [6.45, 7) is 6.18. The second-order valence-electron chi connectivity index (χ2n) is 6.54. The molecule has 4 heteroatoms. The van der Waals surface area contributed by atoms with Gasteiger partial charge in [-0.2, -0.15) is 0 Å². The third-order valence-electron chi connectivity index (χ3n) is 4.03. The van der Waals surface area contributed by atoms with Crippen LogP contribution in [0.15, 0.2) is 30.5 Å². The molecule has 0 radical (unpaired) electrons. The summed E-state index contributed by atoms with van der Waals surface area (Å²) in [5.74, 6) is 0.139. The van der Waals surface area contributed by atoms with Gasteiger partial charge in [-0.3, -0.25) is 4.79 Å². The molecular weight excluding hydrogens is 250 g/mol. The van der Waals surface area contributed by atoms with Crippen molar-refractivity contribution in [1.82, 2.24) is 9.88 Å². The highest BCUT2D eigenvalue weighted by atomic mass is 16.2. The molecule has 2 atom stereocenters. The van der Waals surface area contributed by atoms with E-state index in [-0.39, 0.29) is 23.5 Å². The fourth-order valence-corrected chi connectivity index (χ4v) is 3.26. The van der Waals surface area contributed by atoms with Crippen LogP contribution < -0.4 is 5.73 Å². The van der Waals surface area contributed by atoms with E-state index in [0.29, 0.717) is 6.42 Å². The van der Waals surface area contributed by atoms with E-state index in [9.17, 15) is 4.79 Å². The van der Waals surface area contributed by atoms with E-state index >= 15 is 0 Å². The summed E-state index contributed by atoms with van der Waals surface area (Å²) < 4.78 is 0. The fourth-order valence-electron chi connectivity index (χ4n) is 3.26. The van der Waals surface area contributed by atoms with Gasteiger partial charge in [-0.25, -0.2) is 0 Å². The van der Waals surface area contributed by atoms with Crippen LogP contribution in [0.25, 0.3) is 10.9 Å². The van der Waals surface area contributed by atoms with Crippen molar-refractivity contribution in [3.05, 3.63) is 36.0 Å². The SMILES string of the molecule is CC(C)(C)N1C(=O)CC(N)C1c1c[nH]c2ccccc12. The van der Waals surface area contributed by atoms with Crippen molar-refractivity contribution in [1.29, 1.82) is 0 Å². The molecule has 2 unspecified atom stereocenters. The number of rotatable bonds is 1. The summed E-state index contributed by atoms with van der Waals surface area (Å²) in [6, 6.07) is 7.94. The zero-order valence-electron chi connectivity index (χ0n) is 12.2. The first-order valence-electron chi connectivity index (χ1n) is 7.03. The van der Waals surface area contributed by atoms with E-state index in [1.165, 1.54) is 0 Å². The third-order valence-corrected chi connectivity index (χ3v) is 4.03. The molecule has 4 nitrogen and oxygen atoms in total. The van der Waals surface area contributed by atoms with Crippen LogP contribution >= 0.6 is 0 Å². The van der Waals surface area contributed by atoms with Crippen LogP contribution in [0.3, 0.4) is 0 Å². The Balaban J connectivity index is 2.13. The number of nitrogens with one attached hydrogen (secondary N) is 1. The number of amides is 1. The van der Waals surface area contributed by atoms with Gasteiger partial charge >= 0.3 is 0 Å². The summed E-state index contributed by atoms with van der Waals surface area (Å²) in [4.78, 5) is 17.5. The molecule has 0 aliphatic carbocycles. The van der Waals surface area contributed by atoms with Crippen molar-refractivity contribution >= 4 is 16.8 Å². The maximum absolute atomic E-state index is 12.3. The molecule has 2 heterocycles. The number of carbonyl (C=O) groups excluding carboxylic acids is 1. The number of nitrogens with zero attached hydrogens (tertiary/aromatic N) is 1. The van der Waals surface area contributed by atoms with Gasteiger partial charge in [-0.05, 0) is 26.8 Å². The number of nitrogens with two attached hydrogens (primary N) is 1. The van der Waals surface area contributed by atoms with Gasteiger partial charge in [0.15, 0.2) is 0 Å². The highest BCUT2D eigenvalue weighted by molar-refractivity contribution is 5.87. The predicted molar refractivity (Wildman–Crippen MR) is 80.2 cm³/mol. The summed E-state index contributed by atoms with van der Waals surface area (Å²) in [5.41, 5.74) is 8.24. The minimum atomic E-state index is -0.228. The monoisotopic (exact) mass is 271 g/mol. The molecule has 0 spiro atoms. The lowest BCUT2D eigenvalue weighted by Crippen LogP contribution is -2.45. The maximum Gasteiger partial charge on any atom is 0.225 e. The lowest BCUT2D eigenvalue weighted by atomic mass is 9.96. The number of hydrogen-bond donors (Lipinski definition) is 2. The Morgan fingerprint density at radius 2 is 2.00 bits per heavy atom. The highest BCUT2D eigenvalue weighted by Gasteiger charge is 2.44. The number of hydrogen-bond acceptors (Lipinski definition) is 2. The normalized spacial score (nSPS) is 23.8. The van der Waals surface area contributed by atoms with Crippen LogP contribution in [0.5, 0.6) is 0 Å². The Hall–Kier alpha value is -1.81. The van der Waals surface area contributed by atoms with E-state index < -0.39 is 0 Å². The molecule has 1 saturated heterocycles. The first kappa shape index (κ1) is 13.2. The van der Waals surface area contributed by atoms with Crippen LogP contribution in [-0.2, 0) is 4.79 Å². The molecule has 3 rings (SSSR count). The van der Waals surface area contributed by atoms with Crippen LogP contribution in [0, 0.1) is 0 Å². The summed E-state index contributed by atoms with van der Waals surface area (Å²) >= 11 is 0. The van der Waals surface area contributed by atoms with Gasteiger partial charge < -0.3 is 15.6 Å². The molecule has 2 aromatic rings. The largest absolute Gasteiger partial charge is 0.361 e. The summed E-state index contributed by atoms with van der Waals surface area (Å²) in [5, 5.41) is 1.15. The van der Waals surface area contributed by atoms with Crippen LogP contribution in [0.1, 0.15) is 38.8 Å². The van der Waals surface area contributed by atoms with Crippen molar-refractivity contribution in [3.63, 3.8) is 0 Å². The Kier molecular flexibility index (Phi) is 2.87. The van der Waals surface area contributed by atoms with Gasteiger partial charge in [0.2, 0.25) is 5.91 Å². The lowest BCUT2D eigenvalue weighted by Gasteiger charge is -2.38. The highest BCUT2D eigenvalue weighted by Crippen LogP contribution is 2.40. The Morgan fingerprint density at radius 1 is 1.30 bits per heavy atom. The number of fused-ring (bicyclic) bond motifs is 1. The average Bonchev–Trinajstić information content (AvgIpc) is 2.89. The van der Waals surface area contributed by atoms with E-state index in [2.05, 4.69) is 31.8 Å². The smallest absolute Gasteiger partial charge is 0.225 e. The van der Waals surface area contributed by atoms with E-state index in [0.717, 1.165) is 16.5 Å². The Bertz CT molecular complexity index is 653. The van der Waals surface area contributed by atoms with Crippen molar-refractivity contribution in [2.45, 2.75) is 44.8 Å². The minimum absolute atomic E-state index is 0.0568. The number of carbonyl (C=O) groups is 1. The van der Waals surface area contributed by atoms with E-state index in [1.54, 1.807) is 0 Å². The van der Waals surface area contributed by atoms with Crippen molar-refractivity contribution < 1.29 is 4.79 Å². The molecule has 3 N–H and O–H groups in total. The second-order valence-corrected chi connectivity index (χ2v) is 6.54. The Labute approximate surface area is 118 Å². The van der Waals surface area contributed by atoms with E-state index in [4.69, 9.17) is 5.73 Å². The molecule has 20 heavy (non-hydrogen) atoms. The van der Waals surface area contributed by atoms with Crippen molar-refractivity contribution in [3.8, 4) is 0 Å². The molecular formula is C16H21N3O. The number of para-hydroxylation sites is 1. The standard InChI is InChI=1S/C16H21N3O/c1-16(2,3)19-14(20)8-12(17)15(19)11-9-18-13-7-5-4-6-10(11)13/h4-7,9,12,15,18H,8,17H2,1-3H3. The van der Waals surface area contributed by atoms with Crippen LogP contribution in [-0.4, -0.2) is 27.4 Å². The van der Waals surface area contributed by atoms with Crippen molar-refractivity contribution in [2.75, 3.05) is 0 Å². The second kappa shape index (κ2) is 4.35. The molecule has 1 aliphatic rings. The Morgan fingerprint density at radius 3 is 2.70 bits per heavy atom. The molecule has 1 fully saturated rings. The van der Waals surface area contributed by atoms with Crippen molar-refractivity contribution in [2.24, 2.45) is 5.73 Å². The molecule has 106 valence electrons. The topological polar surface area (TPSA) is 62.1 Å². The number of benzene rings is 1. The van der Waals surface area contributed by atoms with Gasteiger partial charge in [-0.15, -0.1) is 0 Å². The first-order valence-corrected chi connectivity index (χ1v) is 7.03. The van der Waals surface area contributed by atoms with Gasteiger partial charge in [0.1, 0.15) is 0 Å². The quantitative estimate of drug-likeness (QED) is 0.837. The van der Waals surface area contributed by atoms with Gasteiger partial charge in [0, 0.05) is 40.7 Å². The molecule has 0 bridgehead atoms. The van der Waals surface area contributed by atoms with Crippen LogP contribution in [0.2, 0.25) is 0 Å². The number of likely N-dealkylation sites (tertiary alicyclic amines) is 1. The predicted octanol–water partition coefficient (Wildman–Crippen LogP) is 2.57. The number of aromatic amines is 1. The minimum Gasteiger partial charge on any atom is -0.361 e. The van der Waals surface area contributed by atoms with Gasteiger partial charge in [0.05, 0.1) is 6.04 Å². The fraction of sp³-hybridized carbons (Fsp3) is 0.438. The number of aromatic nitrogens is 1. The first-order chi connectivity index (χ1) is 9.39. The van der Waals surface area contributed by atoms with Gasteiger partial charge in [-0.1, -0.05) is 18.2 Å². The molecule has 1 aromatic heterocycles. The number of H-pyrrole nitrogens is 1. The maximum atomic E-state index is 12.3. The molecule has 0 saturated carbocycles. The average molecular weight is 271 g/mol. The molecule has 1 amide bonds. The third kappa shape index (κ3) is 1.91. The van der Waals surface area contributed by atoms with Gasteiger partial charge in [0.25, 0.3) is 0 Å². The zero-order chi connectivity index (χ0) is 14.5. The summed E-state index contributed by atoms with van der Waals surface area (Å²) in [7, 11) is 0. The zero-order valence-corrected chi connectivity index (χ0v) is 12.2. The molecule has 1 aromatic carbocycles. The van der Waals surface area contributed by atoms with Crippen LogP contribution in [0.4, 0.5) is 0 Å². The molecule has 1 aliphatic heterocycles. The lowest BCUT2D eigenvalue weighted by molar-refractivity contribution is -0.133. The van der Waals surface area contributed by atoms with E-state index in [1.807, 2.05) is 29.3 Å².